The number of aromatic amines is 1. The van der Waals surface area contributed by atoms with E-state index in [9.17, 15) is 4.79 Å². The summed E-state index contributed by atoms with van der Waals surface area (Å²) in [5.41, 5.74) is 8.97. The van der Waals surface area contributed by atoms with Gasteiger partial charge in [-0.25, -0.2) is 4.98 Å². The van der Waals surface area contributed by atoms with E-state index in [1.165, 1.54) is 11.1 Å². The Morgan fingerprint density at radius 3 is 2.95 bits per heavy atom. The second kappa shape index (κ2) is 4.53. The summed E-state index contributed by atoms with van der Waals surface area (Å²) >= 11 is 0. The smallest absolute Gasteiger partial charge is 0.256 e. The number of H-pyrrole nitrogens is 1. The summed E-state index contributed by atoms with van der Waals surface area (Å²) < 4.78 is 0. The van der Waals surface area contributed by atoms with E-state index < -0.39 is 0 Å². The minimum Gasteiger partial charge on any atom is -0.383 e. The summed E-state index contributed by atoms with van der Waals surface area (Å²) in [5, 5.41) is 0. The van der Waals surface area contributed by atoms with Gasteiger partial charge in [-0.05, 0) is 30.4 Å². The minimum absolute atomic E-state index is 0.102. The molecule has 19 heavy (non-hydrogen) atoms. The Hall–Kier alpha value is -2.10. The van der Waals surface area contributed by atoms with Gasteiger partial charge in [-0.1, -0.05) is 31.2 Å². The number of nitrogen functional groups attached to an aromatic ring is 1. The van der Waals surface area contributed by atoms with Crippen molar-refractivity contribution in [1.29, 1.82) is 0 Å². The zero-order valence-electron chi connectivity index (χ0n) is 10.9. The quantitative estimate of drug-likeness (QED) is 0.862. The van der Waals surface area contributed by atoms with Gasteiger partial charge in [-0.3, -0.25) is 4.79 Å². The van der Waals surface area contributed by atoms with Crippen LogP contribution in [-0.2, 0) is 12.8 Å². The average molecular weight is 255 g/mol. The molecule has 0 saturated carbocycles. The molecule has 1 aliphatic carbocycles. The van der Waals surface area contributed by atoms with Crippen LogP contribution < -0.4 is 11.3 Å². The van der Waals surface area contributed by atoms with Gasteiger partial charge in [0.1, 0.15) is 11.6 Å². The van der Waals surface area contributed by atoms with Crippen LogP contribution in [-0.4, -0.2) is 9.97 Å². The van der Waals surface area contributed by atoms with Crippen LogP contribution in [0, 0.1) is 0 Å². The van der Waals surface area contributed by atoms with Crippen molar-refractivity contribution in [3.63, 3.8) is 0 Å². The highest BCUT2D eigenvalue weighted by Crippen LogP contribution is 2.36. The first-order valence-corrected chi connectivity index (χ1v) is 6.67. The van der Waals surface area contributed by atoms with Gasteiger partial charge < -0.3 is 10.7 Å². The van der Waals surface area contributed by atoms with Crippen LogP contribution in [0.4, 0.5) is 5.82 Å². The molecule has 0 aliphatic heterocycles. The van der Waals surface area contributed by atoms with Crippen molar-refractivity contribution in [3.8, 4) is 0 Å². The normalized spacial score (nSPS) is 17.4. The van der Waals surface area contributed by atoms with Crippen molar-refractivity contribution in [3.05, 3.63) is 57.1 Å². The van der Waals surface area contributed by atoms with Crippen LogP contribution in [0.1, 0.15) is 41.8 Å². The molecule has 2 aromatic rings. The van der Waals surface area contributed by atoms with Crippen molar-refractivity contribution in [2.45, 2.75) is 32.1 Å². The Morgan fingerprint density at radius 2 is 2.21 bits per heavy atom. The fraction of sp³-hybridized carbons (Fsp3) is 0.333. The van der Waals surface area contributed by atoms with Crippen LogP contribution in [0.15, 0.2) is 29.1 Å². The SMILES string of the molecule is CCc1c(N)nc(C2CCc3ccccc32)[nH]c1=O. The van der Waals surface area contributed by atoms with Crippen LogP contribution >= 0.6 is 0 Å². The number of aromatic nitrogens is 2. The molecule has 1 unspecified atom stereocenters. The highest BCUT2D eigenvalue weighted by Gasteiger charge is 2.26. The highest BCUT2D eigenvalue weighted by molar-refractivity contribution is 5.42. The van der Waals surface area contributed by atoms with Gasteiger partial charge in [0.15, 0.2) is 0 Å². The zero-order valence-corrected chi connectivity index (χ0v) is 10.9. The van der Waals surface area contributed by atoms with E-state index in [2.05, 4.69) is 22.1 Å². The lowest BCUT2D eigenvalue weighted by Gasteiger charge is -2.12. The first kappa shape index (κ1) is 12.0. The molecule has 4 heteroatoms. The third-order valence-corrected chi connectivity index (χ3v) is 3.88. The van der Waals surface area contributed by atoms with Crippen molar-refractivity contribution in [1.82, 2.24) is 9.97 Å². The van der Waals surface area contributed by atoms with Gasteiger partial charge in [0.25, 0.3) is 5.56 Å². The van der Waals surface area contributed by atoms with Crippen LogP contribution in [0.25, 0.3) is 0 Å². The van der Waals surface area contributed by atoms with Crippen LogP contribution in [0.2, 0.25) is 0 Å². The average Bonchev–Trinajstić information content (AvgIpc) is 2.82. The number of anilines is 1. The largest absolute Gasteiger partial charge is 0.383 e. The van der Waals surface area contributed by atoms with Crippen molar-refractivity contribution in [2.75, 3.05) is 5.73 Å². The Kier molecular flexibility index (Phi) is 2.85. The van der Waals surface area contributed by atoms with Crippen LogP contribution in [0.3, 0.4) is 0 Å². The number of nitrogens with two attached hydrogens (primary N) is 1. The Labute approximate surface area is 111 Å². The fourth-order valence-electron chi connectivity index (χ4n) is 2.88. The maximum atomic E-state index is 12.0. The maximum Gasteiger partial charge on any atom is 0.256 e. The lowest BCUT2D eigenvalue weighted by Crippen LogP contribution is -2.20. The summed E-state index contributed by atoms with van der Waals surface area (Å²) in [5.74, 6) is 1.23. The molecule has 0 radical (unpaired) electrons. The van der Waals surface area contributed by atoms with E-state index in [1.807, 2.05) is 19.1 Å². The predicted octanol–water partition coefficient (Wildman–Crippen LogP) is 1.99. The summed E-state index contributed by atoms with van der Waals surface area (Å²) in [6.45, 7) is 1.91. The molecule has 1 aromatic carbocycles. The fourth-order valence-corrected chi connectivity index (χ4v) is 2.88. The molecule has 1 atom stereocenters. The predicted molar refractivity (Wildman–Crippen MR) is 75.3 cm³/mol. The van der Waals surface area contributed by atoms with Gasteiger partial charge in [0.2, 0.25) is 0 Å². The van der Waals surface area contributed by atoms with E-state index in [0.29, 0.717) is 23.6 Å². The van der Waals surface area contributed by atoms with Gasteiger partial charge in [-0.2, -0.15) is 0 Å². The minimum atomic E-state index is -0.102. The first-order valence-electron chi connectivity index (χ1n) is 6.67. The highest BCUT2D eigenvalue weighted by atomic mass is 16.1. The Morgan fingerprint density at radius 1 is 1.42 bits per heavy atom. The molecular weight excluding hydrogens is 238 g/mol. The lowest BCUT2D eigenvalue weighted by atomic mass is 10.0. The molecule has 1 aliphatic rings. The molecule has 0 bridgehead atoms. The summed E-state index contributed by atoms with van der Waals surface area (Å²) in [7, 11) is 0. The summed E-state index contributed by atoms with van der Waals surface area (Å²) in [4.78, 5) is 19.3. The summed E-state index contributed by atoms with van der Waals surface area (Å²) in [6.07, 6.45) is 2.61. The molecule has 1 heterocycles. The molecule has 4 nitrogen and oxygen atoms in total. The maximum absolute atomic E-state index is 12.0. The Bertz CT molecular complexity index is 675. The molecule has 1 aromatic heterocycles. The van der Waals surface area contributed by atoms with E-state index in [1.54, 1.807) is 0 Å². The lowest BCUT2D eigenvalue weighted by molar-refractivity contribution is 0.721. The number of nitrogens with zero attached hydrogens (tertiary/aromatic N) is 1. The van der Waals surface area contributed by atoms with Gasteiger partial charge in [-0.15, -0.1) is 0 Å². The number of aryl methyl sites for hydroxylation is 1. The number of nitrogens with one attached hydrogen (secondary N) is 1. The molecule has 0 amide bonds. The molecule has 0 fully saturated rings. The molecule has 0 spiro atoms. The second-order valence-corrected chi connectivity index (χ2v) is 4.96. The van der Waals surface area contributed by atoms with Gasteiger partial charge in [0.05, 0.1) is 5.56 Å². The van der Waals surface area contributed by atoms with Gasteiger partial charge >= 0.3 is 0 Å². The number of benzene rings is 1. The van der Waals surface area contributed by atoms with E-state index >= 15 is 0 Å². The first-order chi connectivity index (χ1) is 9.20. The standard InChI is InChI=1S/C15H17N3O/c1-2-10-13(16)17-14(18-15(10)19)12-8-7-9-5-3-4-6-11(9)12/h3-6,12H,2,7-8H2,1H3,(H3,16,17,18,19). The molecule has 3 rings (SSSR count). The number of fused-ring (bicyclic) bond motifs is 1. The summed E-state index contributed by atoms with van der Waals surface area (Å²) in [6, 6.07) is 8.32. The zero-order chi connectivity index (χ0) is 13.4. The second-order valence-electron chi connectivity index (χ2n) is 4.96. The van der Waals surface area contributed by atoms with Gasteiger partial charge in [0, 0.05) is 5.92 Å². The van der Waals surface area contributed by atoms with Crippen molar-refractivity contribution >= 4 is 5.82 Å². The van der Waals surface area contributed by atoms with E-state index in [4.69, 9.17) is 5.73 Å². The monoisotopic (exact) mass is 255 g/mol. The van der Waals surface area contributed by atoms with Crippen molar-refractivity contribution in [2.24, 2.45) is 0 Å². The Balaban J connectivity index is 2.08. The third-order valence-electron chi connectivity index (χ3n) is 3.88. The number of hydrogen-bond acceptors (Lipinski definition) is 3. The molecule has 0 saturated heterocycles. The number of hydrogen-bond donors (Lipinski definition) is 2. The molecule has 3 N–H and O–H groups in total. The van der Waals surface area contributed by atoms with E-state index in [0.717, 1.165) is 12.8 Å². The van der Waals surface area contributed by atoms with Crippen molar-refractivity contribution < 1.29 is 0 Å². The third kappa shape index (κ3) is 1.93. The van der Waals surface area contributed by atoms with Crippen LogP contribution in [0.5, 0.6) is 0 Å². The van der Waals surface area contributed by atoms with E-state index in [-0.39, 0.29) is 11.5 Å². The number of rotatable bonds is 2. The molecule has 98 valence electrons. The molecular formula is C15H17N3O. The topological polar surface area (TPSA) is 71.8 Å².